The van der Waals surface area contributed by atoms with E-state index in [1.807, 2.05) is 6.92 Å². The Morgan fingerprint density at radius 1 is 1.38 bits per heavy atom. The van der Waals surface area contributed by atoms with Crippen molar-refractivity contribution in [2.24, 2.45) is 0 Å². The van der Waals surface area contributed by atoms with Crippen LogP contribution >= 0.6 is 0 Å². The smallest absolute Gasteiger partial charge is 0.217 e. The summed E-state index contributed by atoms with van der Waals surface area (Å²) in [6.45, 7) is 5.53. The fraction of sp³-hybridized carbons (Fsp3) is 0.533. The summed E-state index contributed by atoms with van der Waals surface area (Å²) in [5.74, 6) is -1.22. The molecule has 1 saturated heterocycles. The van der Waals surface area contributed by atoms with Crippen molar-refractivity contribution in [3.05, 3.63) is 29.3 Å². The van der Waals surface area contributed by atoms with Crippen LogP contribution in [0.25, 0.3) is 0 Å². The van der Waals surface area contributed by atoms with E-state index < -0.39 is 11.6 Å². The van der Waals surface area contributed by atoms with Crippen LogP contribution in [0.4, 0.5) is 14.5 Å². The molecule has 1 fully saturated rings. The minimum Gasteiger partial charge on any atom is -0.365 e. The summed E-state index contributed by atoms with van der Waals surface area (Å²) in [7, 11) is 0. The zero-order chi connectivity index (χ0) is 15.4. The molecule has 1 atom stereocenters. The number of benzene rings is 1. The van der Waals surface area contributed by atoms with E-state index in [-0.39, 0.29) is 17.6 Å². The van der Waals surface area contributed by atoms with Gasteiger partial charge in [-0.2, -0.15) is 0 Å². The molecule has 2 N–H and O–H groups in total. The molecule has 21 heavy (non-hydrogen) atoms. The Morgan fingerprint density at radius 3 is 2.62 bits per heavy atom. The van der Waals surface area contributed by atoms with E-state index in [0.29, 0.717) is 31.6 Å². The molecule has 0 spiro atoms. The minimum atomic E-state index is -0.550. The van der Waals surface area contributed by atoms with Gasteiger partial charge in [0.25, 0.3) is 0 Å². The fourth-order valence-corrected chi connectivity index (χ4v) is 2.66. The third-order valence-electron chi connectivity index (χ3n) is 3.57. The first-order chi connectivity index (χ1) is 10.0. The van der Waals surface area contributed by atoms with Crippen molar-refractivity contribution in [3.8, 4) is 0 Å². The molecule has 1 aromatic rings. The summed E-state index contributed by atoms with van der Waals surface area (Å²) in [5.41, 5.74) is 0.594. The lowest BCUT2D eigenvalue weighted by molar-refractivity contribution is -0.119. The van der Waals surface area contributed by atoms with E-state index in [4.69, 9.17) is 0 Å². The van der Waals surface area contributed by atoms with Crippen LogP contribution in [0.3, 0.4) is 0 Å². The van der Waals surface area contributed by atoms with Crippen LogP contribution in [-0.2, 0) is 11.3 Å². The van der Waals surface area contributed by atoms with E-state index in [1.54, 1.807) is 4.90 Å². The highest BCUT2D eigenvalue weighted by Gasteiger charge is 2.27. The van der Waals surface area contributed by atoms with Crippen LogP contribution in [0.15, 0.2) is 12.1 Å². The van der Waals surface area contributed by atoms with Crippen molar-refractivity contribution >= 4 is 11.6 Å². The molecule has 1 aromatic carbocycles. The Morgan fingerprint density at radius 2 is 2.05 bits per heavy atom. The summed E-state index contributed by atoms with van der Waals surface area (Å²) in [4.78, 5) is 12.7. The normalized spacial score (nSPS) is 18.1. The standard InChI is InChI=1S/C15H21F2N3O/c1-3-18-8-11-6-13(16)15(14(17)7-11)20-5-4-12(9-20)19-10(2)21/h6-7,12,18H,3-5,8-9H2,1-2H3,(H,19,21). The van der Waals surface area contributed by atoms with Crippen LogP contribution < -0.4 is 15.5 Å². The number of halogens is 2. The molecular formula is C15H21F2N3O. The average Bonchev–Trinajstić information content (AvgIpc) is 2.82. The highest BCUT2D eigenvalue weighted by Crippen LogP contribution is 2.28. The minimum absolute atomic E-state index is 0.00287. The van der Waals surface area contributed by atoms with Crippen LogP contribution in [-0.4, -0.2) is 31.6 Å². The second-order valence-corrected chi connectivity index (χ2v) is 5.32. The largest absolute Gasteiger partial charge is 0.365 e. The van der Waals surface area contributed by atoms with Crippen molar-refractivity contribution in [1.29, 1.82) is 0 Å². The Balaban J connectivity index is 2.12. The predicted molar refractivity (Wildman–Crippen MR) is 78.2 cm³/mol. The van der Waals surface area contributed by atoms with E-state index in [2.05, 4.69) is 10.6 Å². The third-order valence-corrected chi connectivity index (χ3v) is 3.57. The number of carbonyl (C=O) groups is 1. The van der Waals surface area contributed by atoms with Gasteiger partial charge < -0.3 is 15.5 Å². The highest BCUT2D eigenvalue weighted by molar-refractivity contribution is 5.73. The molecule has 1 heterocycles. The number of amides is 1. The van der Waals surface area contributed by atoms with Crippen LogP contribution in [0.2, 0.25) is 0 Å². The first-order valence-corrected chi connectivity index (χ1v) is 7.22. The van der Waals surface area contributed by atoms with E-state index >= 15 is 0 Å². The van der Waals surface area contributed by atoms with Crippen molar-refractivity contribution in [2.45, 2.75) is 32.9 Å². The zero-order valence-electron chi connectivity index (χ0n) is 12.4. The maximum atomic E-state index is 14.2. The Kier molecular flexibility index (Phi) is 5.12. The lowest BCUT2D eigenvalue weighted by atomic mass is 10.1. The molecule has 0 radical (unpaired) electrons. The molecule has 1 amide bonds. The SMILES string of the molecule is CCNCc1cc(F)c(N2CCC(NC(C)=O)C2)c(F)c1. The van der Waals surface area contributed by atoms with Gasteiger partial charge in [0.1, 0.15) is 17.3 Å². The van der Waals surface area contributed by atoms with E-state index in [1.165, 1.54) is 19.1 Å². The van der Waals surface area contributed by atoms with Crippen molar-refractivity contribution in [3.63, 3.8) is 0 Å². The summed E-state index contributed by atoms with van der Waals surface area (Å²) < 4.78 is 28.4. The quantitative estimate of drug-likeness (QED) is 0.871. The van der Waals surface area contributed by atoms with Gasteiger partial charge in [0, 0.05) is 32.6 Å². The molecule has 1 aliphatic heterocycles. The number of nitrogens with zero attached hydrogens (tertiary/aromatic N) is 1. The van der Waals surface area contributed by atoms with Gasteiger partial charge in [-0.15, -0.1) is 0 Å². The van der Waals surface area contributed by atoms with Gasteiger partial charge in [0.2, 0.25) is 5.91 Å². The van der Waals surface area contributed by atoms with E-state index in [0.717, 1.165) is 6.54 Å². The number of rotatable bonds is 5. The highest BCUT2D eigenvalue weighted by atomic mass is 19.1. The molecule has 6 heteroatoms. The summed E-state index contributed by atoms with van der Waals surface area (Å²) in [5, 5.41) is 5.83. The summed E-state index contributed by atoms with van der Waals surface area (Å²) >= 11 is 0. The van der Waals surface area contributed by atoms with Crippen LogP contribution in [0, 0.1) is 11.6 Å². The predicted octanol–water partition coefficient (Wildman–Crippen LogP) is 1.79. The van der Waals surface area contributed by atoms with Crippen LogP contribution in [0.1, 0.15) is 25.8 Å². The second-order valence-electron chi connectivity index (χ2n) is 5.32. The molecule has 0 aromatic heterocycles. The van der Waals surface area contributed by atoms with Crippen LogP contribution in [0.5, 0.6) is 0 Å². The maximum absolute atomic E-state index is 14.2. The Labute approximate surface area is 123 Å². The fourth-order valence-electron chi connectivity index (χ4n) is 2.66. The van der Waals surface area contributed by atoms with E-state index in [9.17, 15) is 13.6 Å². The molecule has 0 bridgehead atoms. The van der Waals surface area contributed by atoms with Gasteiger partial charge in [-0.25, -0.2) is 8.78 Å². The lowest BCUT2D eigenvalue weighted by Crippen LogP contribution is -2.35. The molecule has 4 nitrogen and oxygen atoms in total. The average molecular weight is 297 g/mol. The van der Waals surface area contributed by atoms with Gasteiger partial charge in [0.15, 0.2) is 0 Å². The first-order valence-electron chi connectivity index (χ1n) is 7.22. The molecule has 116 valence electrons. The zero-order valence-corrected chi connectivity index (χ0v) is 12.4. The molecule has 2 rings (SSSR count). The Bertz CT molecular complexity index is 499. The third kappa shape index (κ3) is 3.91. The molecule has 0 saturated carbocycles. The Hall–Kier alpha value is -1.69. The first kappa shape index (κ1) is 15.7. The number of carbonyl (C=O) groups excluding carboxylic acids is 1. The topological polar surface area (TPSA) is 44.4 Å². The molecule has 1 aliphatic rings. The lowest BCUT2D eigenvalue weighted by Gasteiger charge is -2.21. The molecular weight excluding hydrogens is 276 g/mol. The molecule has 1 unspecified atom stereocenters. The summed E-state index contributed by atoms with van der Waals surface area (Å²) in [6.07, 6.45) is 0.692. The van der Waals surface area contributed by atoms with Gasteiger partial charge in [-0.3, -0.25) is 4.79 Å². The van der Waals surface area contributed by atoms with Crippen molar-refractivity contribution < 1.29 is 13.6 Å². The van der Waals surface area contributed by atoms with Gasteiger partial charge >= 0.3 is 0 Å². The van der Waals surface area contributed by atoms with Gasteiger partial charge in [-0.05, 0) is 30.7 Å². The number of hydrogen-bond donors (Lipinski definition) is 2. The number of nitrogens with one attached hydrogen (secondary N) is 2. The number of hydrogen-bond acceptors (Lipinski definition) is 3. The van der Waals surface area contributed by atoms with Gasteiger partial charge in [-0.1, -0.05) is 6.92 Å². The molecule has 0 aliphatic carbocycles. The second kappa shape index (κ2) is 6.85. The monoisotopic (exact) mass is 297 g/mol. The van der Waals surface area contributed by atoms with Crippen molar-refractivity contribution in [2.75, 3.05) is 24.5 Å². The maximum Gasteiger partial charge on any atom is 0.217 e. The van der Waals surface area contributed by atoms with Crippen molar-refractivity contribution in [1.82, 2.24) is 10.6 Å². The number of anilines is 1. The van der Waals surface area contributed by atoms with Gasteiger partial charge in [0.05, 0.1) is 0 Å². The summed E-state index contributed by atoms with van der Waals surface area (Å²) in [6, 6.07) is 2.68.